The first kappa shape index (κ1) is 13.4. The lowest BCUT2D eigenvalue weighted by atomic mass is 10.1. The van der Waals surface area contributed by atoms with Crippen molar-refractivity contribution in [3.8, 4) is 0 Å². The Balaban J connectivity index is 2.73. The van der Waals surface area contributed by atoms with Gasteiger partial charge in [-0.3, -0.25) is 0 Å². The predicted molar refractivity (Wildman–Crippen MR) is 66.1 cm³/mol. The smallest absolute Gasteiger partial charge is 0.358 e. The molecule has 1 heterocycles. The molecule has 0 saturated carbocycles. The number of hydrogen-bond donors (Lipinski definition) is 0. The molecular weight excluding hydrogens is 297 g/mol. The Morgan fingerprint density at radius 2 is 2.44 bits per heavy atom. The number of halogens is 2. The number of hydrogen-bond acceptors (Lipinski definition) is 3. The quantitative estimate of drug-likeness (QED) is 0.460. The van der Waals surface area contributed by atoms with Crippen LogP contribution < -0.4 is 0 Å². The molecule has 0 saturated heterocycles. The van der Waals surface area contributed by atoms with Gasteiger partial charge in [0.15, 0.2) is 5.02 Å². The van der Waals surface area contributed by atoms with Crippen LogP contribution in [0.2, 0.25) is 5.02 Å². The summed E-state index contributed by atoms with van der Waals surface area (Å²) in [6, 6.07) is 0. The van der Waals surface area contributed by atoms with Crippen LogP contribution in [0, 0.1) is 16.0 Å². The topological polar surface area (TPSA) is 61.0 Å². The van der Waals surface area contributed by atoms with E-state index in [1.54, 1.807) is 4.68 Å². The third-order valence-corrected chi connectivity index (χ3v) is 3.41. The highest BCUT2D eigenvalue weighted by Gasteiger charge is 2.20. The zero-order valence-corrected chi connectivity index (χ0v) is 11.2. The molecule has 1 unspecified atom stereocenters. The molecule has 1 aromatic heterocycles. The van der Waals surface area contributed by atoms with E-state index in [0.717, 1.165) is 18.2 Å². The van der Waals surface area contributed by atoms with Crippen LogP contribution in [-0.4, -0.2) is 20.0 Å². The van der Waals surface area contributed by atoms with Crippen LogP contribution in [0.25, 0.3) is 0 Å². The van der Waals surface area contributed by atoms with Crippen molar-refractivity contribution in [1.29, 1.82) is 0 Å². The largest absolute Gasteiger partial charge is 0.408 e. The van der Waals surface area contributed by atoms with Crippen LogP contribution in [-0.2, 0) is 6.54 Å². The zero-order chi connectivity index (χ0) is 12.1. The van der Waals surface area contributed by atoms with Crippen molar-refractivity contribution in [2.45, 2.75) is 26.3 Å². The Hall–Kier alpha value is -0.620. The van der Waals surface area contributed by atoms with E-state index in [1.807, 2.05) is 0 Å². The fraction of sp³-hybridized carbons (Fsp3) is 0.667. The maximum absolute atomic E-state index is 10.6. The molecule has 7 heteroatoms. The number of aromatic nitrogens is 2. The van der Waals surface area contributed by atoms with Crippen LogP contribution >= 0.6 is 27.5 Å². The second kappa shape index (κ2) is 6.20. The van der Waals surface area contributed by atoms with E-state index in [2.05, 4.69) is 28.0 Å². The van der Waals surface area contributed by atoms with Crippen LogP contribution in [0.5, 0.6) is 0 Å². The lowest BCUT2D eigenvalue weighted by Crippen LogP contribution is -2.12. The van der Waals surface area contributed by atoms with Crippen molar-refractivity contribution in [1.82, 2.24) is 9.78 Å². The first-order valence-corrected chi connectivity index (χ1v) is 6.51. The summed E-state index contributed by atoms with van der Waals surface area (Å²) in [5, 5.41) is 15.3. The van der Waals surface area contributed by atoms with Crippen molar-refractivity contribution in [3.63, 3.8) is 0 Å². The predicted octanol–water partition coefficient (Wildman–Crippen LogP) is 3.26. The second-order valence-corrected chi connectivity index (χ2v) is 4.64. The van der Waals surface area contributed by atoms with Gasteiger partial charge < -0.3 is 10.1 Å². The summed E-state index contributed by atoms with van der Waals surface area (Å²) in [5.41, 5.74) is 0. The molecule has 0 amide bonds. The number of nitro groups is 1. The Kier molecular flexibility index (Phi) is 5.21. The molecule has 0 aliphatic rings. The first-order chi connectivity index (χ1) is 7.58. The van der Waals surface area contributed by atoms with Gasteiger partial charge in [0.25, 0.3) is 0 Å². The Labute approximate surface area is 107 Å². The minimum atomic E-state index is -0.568. The lowest BCUT2D eigenvalue weighted by Gasteiger charge is -2.09. The van der Waals surface area contributed by atoms with Crippen LogP contribution in [0.3, 0.4) is 0 Å². The van der Waals surface area contributed by atoms with E-state index in [0.29, 0.717) is 12.5 Å². The maximum atomic E-state index is 10.6. The third kappa shape index (κ3) is 3.45. The van der Waals surface area contributed by atoms with Crippen LogP contribution in [0.15, 0.2) is 6.20 Å². The van der Waals surface area contributed by atoms with E-state index in [9.17, 15) is 10.1 Å². The summed E-state index contributed by atoms with van der Waals surface area (Å²) in [7, 11) is 0. The fourth-order valence-corrected chi connectivity index (χ4v) is 2.24. The van der Waals surface area contributed by atoms with Gasteiger partial charge in [-0.25, -0.2) is 0 Å². The summed E-state index contributed by atoms with van der Waals surface area (Å²) in [5.74, 6) is 0.145. The standard InChI is InChI=1S/C9H13BrClN3O2/c1-2-3-7(4-10)5-13-6-8(11)9(12-13)14(15)16/h6-7H,2-5H2,1H3. The number of rotatable bonds is 6. The van der Waals surface area contributed by atoms with Gasteiger partial charge in [0.1, 0.15) is 0 Å². The molecule has 0 spiro atoms. The Morgan fingerprint density at radius 3 is 2.88 bits per heavy atom. The molecule has 0 aromatic carbocycles. The summed E-state index contributed by atoms with van der Waals surface area (Å²) in [4.78, 5) is 9.98. The van der Waals surface area contributed by atoms with Crippen molar-refractivity contribution in [3.05, 3.63) is 21.3 Å². The zero-order valence-electron chi connectivity index (χ0n) is 8.90. The molecule has 1 aromatic rings. The van der Waals surface area contributed by atoms with E-state index in [4.69, 9.17) is 11.6 Å². The normalized spacial score (nSPS) is 12.7. The van der Waals surface area contributed by atoms with Gasteiger partial charge in [0.2, 0.25) is 0 Å². The Bertz CT molecular complexity index is 370. The van der Waals surface area contributed by atoms with Crippen LogP contribution in [0.4, 0.5) is 5.82 Å². The lowest BCUT2D eigenvalue weighted by molar-refractivity contribution is -0.389. The molecule has 0 radical (unpaired) electrons. The van der Waals surface area contributed by atoms with E-state index in [1.165, 1.54) is 6.20 Å². The number of nitrogens with zero attached hydrogens (tertiary/aromatic N) is 3. The highest BCUT2D eigenvalue weighted by Crippen LogP contribution is 2.22. The van der Waals surface area contributed by atoms with Gasteiger partial charge in [-0.2, -0.15) is 4.68 Å². The monoisotopic (exact) mass is 309 g/mol. The molecule has 1 atom stereocenters. The van der Waals surface area contributed by atoms with Gasteiger partial charge in [0.05, 0.1) is 17.8 Å². The molecule has 90 valence electrons. The van der Waals surface area contributed by atoms with Gasteiger partial charge in [-0.05, 0) is 17.3 Å². The third-order valence-electron chi connectivity index (χ3n) is 2.23. The van der Waals surface area contributed by atoms with Crippen molar-refractivity contribution in [2.75, 3.05) is 5.33 Å². The van der Waals surface area contributed by atoms with Gasteiger partial charge in [-0.1, -0.05) is 40.9 Å². The molecule has 0 aliphatic carbocycles. The number of alkyl halides is 1. The molecule has 0 N–H and O–H groups in total. The second-order valence-electron chi connectivity index (χ2n) is 3.59. The van der Waals surface area contributed by atoms with Crippen molar-refractivity contribution in [2.24, 2.45) is 5.92 Å². The molecule has 0 fully saturated rings. The summed E-state index contributed by atoms with van der Waals surface area (Å²) in [6.07, 6.45) is 3.63. The fourth-order valence-electron chi connectivity index (χ4n) is 1.49. The van der Waals surface area contributed by atoms with Gasteiger partial charge >= 0.3 is 5.82 Å². The van der Waals surface area contributed by atoms with Crippen molar-refractivity contribution < 1.29 is 4.92 Å². The average Bonchev–Trinajstić information content (AvgIpc) is 2.59. The van der Waals surface area contributed by atoms with E-state index in [-0.39, 0.29) is 10.8 Å². The minimum absolute atomic E-state index is 0.0924. The highest BCUT2D eigenvalue weighted by atomic mass is 79.9. The molecule has 0 bridgehead atoms. The summed E-state index contributed by atoms with van der Waals surface area (Å²) in [6.45, 7) is 2.75. The van der Waals surface area contributed by atoms with Crippen molar-refractivity contribution >= 4 is 33.3 Å². The van der Waals surface area contributed by atoms with Gasteiger partial charge in [0, 0.05) is 5.33 Å². The summed E-state index contributed by atoms with van der Waals surface area (Å²) < 4.78 is 1.54. The Morgan fingerprint density at radius 1 is 1.75 bits per heavy atom. The average molecular weight is 311 g/mol. The molecular formula is C9H13BrClN3O2. The maximum Gasteiger partial charge on any atom is 0.408 e. The first-order valence-electron chi connectivity index (χ1n) is 5.01. The minimum Gasteiger partial charge on any atom is -0.358 e. The summed E-state index contributed by atoms with van der Waals surface area (Å²) >= 11 is 9.13. The van der Waals surface area contributed by atoms with E-state index >= 15 is 0 Å². The molecule has 1 rings (SSSR count). The molecule has 0 aliphatic heterocycles. The van der Waals surface area contributed by atoms with E-state index < -0.39 is 4.92 Å². The molecule has 5 nitrogen and oxygen atoms in total. The highest BCUT2D eigenvalue weighted by molar-refractivity contribution is 9.09. The molecule has 16 heavy (non-hydrogen) atoms. The van der Waals surface area contributed by atoms with Crippen LogP contribution in [0.1, 0.15) is 19.8 Å². The SMILES string of the molecule is CCCC(CBr)Cn1cc(Cl)c([N+](=O)[O-])n1. The van der Waals surface area contributed by atoms with Gasteiger partial charge in [-0.15, -0.1) is 0 Å².